The van der Waals surface area contributed by atoms with Gasteiger partial charge in [-0.1, -0.05) is 30.3 Å². The monoisotopic (exact) mass is 296 g/mol. The van der Waals surface area contributed by atoms with E-state index >= 15 is 0 Å². The molecular formula is C14H20N2O3S. The van der Waals surface area contributed by atoms with Gasteiger partial charge in [0.2, 0.25) is 0 Å². The predicted molar refractivity (Wildman–Crippen MR) is 80.9 cm³/mol. The first-order valence-electron chi connectivity index (χ1n) is 6.38. The van der Waals surface area contributed by atoms with Gasteiger partial charge in [0.15, 0.2) is 6.04 Å². The zero-order chi connectivity index (χ0) is 15.0. The van der Waals surface area contributed by atoms with Gasteiger partial charge in [-0.25, -0.2) is 9.59 Å². The van der Waals surface area contributed by atoms with Gasteiger partial charge < -0.3 is 15.7 Å². The van der Waals surface area contributed by atoms with E-state index in [9.17, 15) is 14.7 Å². The Morgan fingerprint density at radius 3 is 2.45 bits per heavy atom. The van der Waals surface area contributed by atoms with E-state index in [1.54, 1.807) is 42.1 Å². The van der Waals surface area contributed by atoms with Crippen molar-refractivity contribution >= 4 is 23.8 Å². The summed E-state index contributed by atoms with van der Waals surface area (Å²) in [4.78, 5) is 23.1. The topological polar surface area (TPSA) is 78.4 Å². The number of carbonyl (C=O) groups excluding carboxylic acids is 1. The number of carbonyl (C=O) groups is 2. The summed E-state index contributed by atoms with van der Waals surface area (Å²) in [5, 5.41) is 14.4. The molecule has 0 saturated heterocycles. The van der Waals surface area contributed by atoms with Crippen molar-refractivity contribution < 1.29 is 14.7 Å². The fourth-order valence-electron chi connectivity index (χ4n) is 1.70. The van der Waals surface area contributed by atoms with Gasteiger partial charge in [0.25, 0.3) is 0 Å². The van der Waals surface area contributed by atoms with Gasteiger partial charge in [0.05, 0.1) is 0 Å². The molecule has 0 spiro atoms. The predicted octanol–water partition coefficient (Wildman–Crippen LogP) is 2.25. The minimum Gasteiger partial charge on any atom is -0.479 e. The second kappa shape index (κ2) is 8.47. The summed E-state index contributed by atoms with van der Waals surface area (Å²) in [7, 11) is 0. The number of carboxylic acids is 1. The minimum atomic E-state index is -1.08. The van der Waals surface area contributed by atoms with Gasteiger partial charge >= 0.3 is 12.0 Å². The van der Waals surface area contributed by atoms with E-state index in [1.165, 1.54) is 0 Å². The molecule has 0 bridgehead atoms. The van der Waals surface area contributed by atoms with E-state index in [0.717, 1.165) is 12.2 Å². The smallest absolute Gasteiger partial charge is 0.330 e. The van der Waals surface area contributed by atoms with Gasteiger partial charge in [-0.05, 0) is 30.9 Å². The van der Waals surface area contributed by atoms with Crippen LogP contribution in [0.1, 0.15) is 24.9 Å². The number of thioether (sulfide) groups is 1. The Morgan fingerprint density at radius 1 is 1.25 bits per heavy atom. The Kier molecular flexibility index (Phi) is 6.93. The Labute approximate surface area is 123 Å². The molecule has 20 heavy (non-hydrogen) atoms. The number of urea groups is 1. The highest BCUT2D eigenvalue weighted by atomic mass is 32.2. The quantitative estimate of drug-likeness (QED) is 0.721. The van der Waals surface area contributed by atoms with E-state index in [4.69, 9.17) is 0 Å². The van der Waals surface area contributed by atoms with Crippen LogP contribution in [0.2, 0.25) is 0 Å². The highest BCUT2D eigenvalue weighted by Gasteiger charge is 2.22. The average molecular weight is 296 g/mol. The summed E-state index contributed by atoms with van der Waals surface area (Å²) < 4.78 is 0. The number of carboxylic acid groups (broad SMARTS) is 1. The molecule has 0 aliphatic heterocycles. The van der Waals surface area contributed by atoms with Crippen molar-refractivity contribution in [3.63, 3.8) is 0 Å². The lowest BCUT2D eigenvalue weighted by Gasteiger charge is -2.18. The molecule has 1 unspecified atom stereocenters. The van der Waals surface area contributed by atoms with Crippen molar-refractivity contribution in [2.75, 3.05) is 12.0 Å². The molecule has 0 fully saturated rings. The number of nitrogens with one attached hydrogen (secondary N) is 2. The van der Waals surface area contributed by atoms with E-state index in [0.29, 0.717) is 5.56 Å². The molecule has 6 heteroatoms. The molecular weight excluding hydrogens is 276 g/mol. The van der Waals surface area contributed by atoms with Gasteiger partial charge in [0, 0.05) is 6.04 Å². The largest absolute Gasteiger partial charge is 0.479 e. The summed E-state index contributed by atoms with van der Waals surface area (Å²) in [5.74, 6) is -0.134. The van der Waals surface area contributed by atoms with Crippen molar-refractivity contribution in [3.8, 4) is 0 Å². The number of amides is 2. The Morgan fingerprint density at radius 2 is 1.90 bits per heavy atom. The molecule has 110 valence electrons. The van der Waals surface area contributed by atoms with Crippen LogP contribution in [0.4, 0.5) is 4.79 Å². The van der Waals surface area contributed by atoms with Gasteiger partial charge in [-0.2, -0.15) is 11.8 Å². The van der Waals surface area contributed by atoms with Gasteiger partial charge in [-0.15, -0.1) is 0 Å². The van der Waals surface area contributed by atoms with Crippen molar-refractivity contribution in [3.05, 3.63) is 35.9 Å². The highest BCUT2D eigenvalue weighted by molar-refractivity contribution is 7.98. The van der Waals surface area contributed by atoms with Crippen LogP contribution in [-0.2, 0) is 4.79 Å². The van der Waals surface area contributed by atoms with E-state index in [1.807, 2.05) is 13.2 Å². The zero-order valence-corrected chi connectivity index (χ0v) is 12.4. The maximum atomic E-state index is 11.8. The third-order valence-electron chi connectivity index (χ3n) is 2.79. The molecule has 0 aliphatic rings. The molecule has 1 aromatic rings. The lowest BCUT2D eigenvalue weighted by atomic mass is 10.1. The number of aliphatic carboxylic acids is 1. The zero-order valence-electron chi connectivity index (χ0n) is 11.6. The first kappa shape index (κ1) is 16.4. The Bertz CT molecular complexity index is 439. The molecule has 1 aromatic carbocycles. The summed E-state index contributed by atoms with van der Waals surface area (Å²) in [6, 6.07) is 7.14. The first-order chi connectivity index (χ1) is 9.54. The van der Waals surface area contributed by atoms with Crippen molar-refractivity contribution in [1.82, 2.24) is 10.6 Å². The number of hydrogen-bond donors (Lipinski definition) is 3. The van der Waals surface area contributed by atoms with Crippen LogP contribution < -0.4 is 10.6 Å². The lowest BCUT2D eigenvalue weighted by Crippen LogP contribution is -2.44. The molecule has 1 rings (SSSR count). The van der Waals surface area contributed by atoms with Crippen LogP contribution in [-0.4, -0.2) is 35.2 Å². The molecule has 0 radical (unpaired) electrons. The fraction of sp³-hybridized carbons (Fsp3) is 0.429. The Hall–Kier alpha value is -1.69. The highest BCUT2D eigenvalue weighted by Crippen LogP contribution is 2.12. The van der Waals surface area contributed by atoms with Crippen molar-refractivity contribution in [1.29, 1.82) is 0 Å². The molecule has 0 heterocycles. The maximum Gasteiger partial charge on any atom is 0.330 e. The summed E-state index contributed by atoms with van der Waals surface area (Å²) >= 11 is 1.71. The number of benzene rings is 1. The Balaban J connectivity index is 2.59. The van der Waals surface area contributed by atoms with E-state index in [-0.39, 0.29) is 6.04 Å². The number of rotatable bonds is 7. The fourth-order valence-corrected chi connectivity index (χ4v) is 2.29. The molecule has 0 aliphatic carbocycles. The third-order valence-corrected chi connectivity index (χ3v) is 3.43. The van der Waals surface area contributed by atoms with Crippen LogP contribution >= 0.6 is 11.8 Å². The molecule has 2 atom stereocenters. The van der Waals surface area contributed by atoms with Crippen LogP contribution in [0.5, 0.6) is 0 Å². The maximum absolute atomic E-state index is 11.8. The second-order valence-electron chi connectivity index (χ2n) is 4.48. The van der Waals surface area contributed by atoms with E-state index < -0.39 is 18.0 Å². The molecule has 5 nitrogen and oxygen atoms in total. The normalized spacial score (nSPS) is 13.3. The van der Waals surface area contributed by atoms with Crippen LogP contribution in [0.3, 0.4) is 0 Å². The molecule has 0 aromatic heterocycles. The van der Waals surface area contributed by atoms with Crippen LogP contribution in [0, 0.1) is 0 Å². The van der Waals surface area contributed by atoms with Crippen LogP contribution in [0.25, 0.3) is 0 Å². The minimum absolute atomic E-state index is 0.00710. The molecule has 3 N–H and O–H groups in total. The van der Waals surface area contributed by atoms with Crippen molar-refractivity contribution in [2.24, 2.45) is 0 Å². The van der Waals surface area contributed by atoms with Gasteiger partial charge in [0.1, 0.15) is 0 Å². The average Bonchev–Trinajstić information content (AvgIpc) is 2.43. The number of hydrogen-bond acceptors (Lipinski definition) is 3. The molecule has 2 amide bonds. The SMILES string of the molecule is CSCCC(C)NC(=O)N[C@@H](C(=O)O)c1ccccc1. The summed E-state index contributed by atoms with van der Waals surface area (Å²) in [5.41, 5.74) is 0.548. The molecule has 0 saturated carbocycles. The third kappa shape index (κ3) is 5.52. The second-order valence-corrected chi connectivity index (χ2v) is 5.47. The van der Waals surface area contributed by atoms with Crippen molar-refractivity contribution in [2.45, 2.75) is 25.4 Å². The van der Waals surface area contributed by atoms with Crippen LogP contribution in [0.15, 0.2) is 30.3 Å². The summed E-state index contributed by atoms with van der Waals surface area (Å²) in [6.07, 6.45) is 2.85. The standard InChI is InChI=1S/C14H20N2O3S/c1-10(8-9-20-2)15-14(19)16-12(13(17)18)11-6-4-3-5-7-11/h3-7,10,12H,8-9H2,1-2H3,(H,17,18)(H2,15,16,19)/t10?,12-/m1/s1. The summed E-state index contributed by atoms with van der Waals surface area (Å²) in [6.45, 7) is 1.90. The van der Waals surface area contributed by atoms with E-state index in [2.05, 4.69) is 10.6 Å². The lowest BCUT2D eigenvalue weighted by molar-refractivity contribution is -0.139. The van der Waals surface area contributed by atoms with Gasteiger partial charge in [-0.3, -0.25) is 0 Å². The first-order valence-corrected chi connectivity index (χ1v) is 7.77.